The summed E-state index contributed by atoms with van der Waals surface area (Å²) in [6, 6.07) is 14.3. The van der Waals surface area contributed by atoms with Crippen molar-refractivity contribution in [3.05, 3.63) is 60.6 Å². The SMILES string of the molecule is [B]c1cccc(NC(=O)Nc2ccc(-c3cc(CN4CCNCC4)n4ncnc(N)c34)cc2)n1. The van der Waals surface area contributed by atoms with Gasteiger partial charge in [0.05, 0.1) is 5.69 Å². The zero-order valence-corrected chi connectivity index (χ0v) is 18.5. The van der Waals surface area contributed by atoms with Crippen molar-refractivity contribution in [3.63, 3.8) is 0 Å². The Hall–Kier alpha value is -3.96. The number of nitrogens with one attached hydrogen (secondary N) is 3. The fraction of sp³-hybridized carbons (Fsp3) is 0.217. The molecule has 0 spiro atoms. The zero-order valence-electron chi connectivity index (χ0n) is 18.5. The first kappa shape index (κ1) is 21.9. The second kappa shape index (κ2) is 9.50. The highest BCUT2D eigenvalue weighted by Gasteiger charge is 2.18. The molecule has 0 unspecified atom stereocenters. The van der Waals surface area contributed by atoms with Crippen LogP contribution in [0.4, 0.5) is 22.1 Å². The predicted molar refractivity (Wildman–Crippen MR) is 133 cm³/mol. The van der Waals surface area contributed by atoms with Crippen molar-refractivity contribution in [1.82, 2.24) is 29.8 Å². The topological polar surface area (TPSA) is 126 Å². The van der Waals surface area contributed by atoms with Crippen molar-refractivity contribution in [3.8, 4) is 11.1 Å². The normalized spacial score (nSPS) is 14.2. The van der Waals surface area contributed by atoms with Gasteiger partial charge in [-0.25, -0.2) is 19.3 Å². The van der Waals surface area contributed by atoms with E-state index in [2.05, 4.69) is 42.0 Å². The van der Waals surface area contributed by atoms with E-state index in [0.717, 1.165) is 55.1 Å². The third kappa shape index (κ3) is 4.70. The molecule has 4 heterocycles. The maximum Gasteiger partial charge on any atom is 0.324 e. The molecule has 10 nitrogen and oxygen atoms in total. The van der Waals surface area contributed by atoms with Crippen molar-refractivity contribution in [2.45, 2.75) is 6.54 Å². The van der Waals surface area contributed by atoms with Crippen LogP contribution in [0.2, 0.25) is 0 Å². The number of piperazine rings is 1. The first-order chi connectivity index (χ1) is 16.6. The third-order valence-electron chi connectivity index (χ3n) is 5.72. The van der Waals surface area contributed by atoms with Crippen LogP contribution < -0.4 is 27.3 Å². The molecule has 0 bridgehead atoms. The molecule has 5 N–H and O–H groups in total. The smallest absolute Gasteiger partial charge is 0.324 e. The lowest BCUT2D eigenvalue weighted by molar-refractivity contribution is 0.229. The second-order valence-corrected chi connectivity index (χ2v) is 8.09. The number of anilines is 3. The van der Waals surface area contributed by atoms with Gasteiger partial charge < -0.3 is 16.4 Å². The fourth-order valence-electron chi connectivity index (χ4n) is 4.10. The van der Waals surface area contributed by atoms with Gasteiger partial charge in [0.25, 0.3) is 0 Å². The minimum atomic E-state index is -0.406. The lowest BCUT2D eigenvalue weighted by Crippen LogP contribution is -2.43. The van der Waals surface area contributed by atoms with Crippen LogP contribution in [0.25, 0.3) is 16.6 Å². The third-order valence-corrected chi connectivity index (χ3v) is 5.72. The van der Waals surface area contributed by atoms with E-state index in [-0.39, 0.29) is 0 Å². The highest BCUT2D eigenvalue weighted by atomic mass is 16.2. The van der Waals surface area contributed by atoms with Gasteiger partial charge in [-0.05, 0) is 35.4 Å². The number of pyridine rings is 1. The molecule has 1 aromatic carbocycles. The standard InChI is InChI=1S/C23H24BN9O/c24-19-2-1-3-20(30-19)31-23(34)29-16-6-4-15(5-7-16)18-12-17(13-32-10-8-26-9-11-32)33-21(18)22(25)27-14-28-33/h1-7,12,14,26H,8-11,13H2,(H2,25,27,28)(H2,29,30,31,34). The molecule has 34 heavy (non-hydrogen) atoms. The van der Waals surface area contributed by atoms with Crippen LogP contribution in [0, 0.1) is 0 Å². The molecule has 2 radical (unpaired) electrons. The maximum absolute atomic E-state index is 12.3. The molecule has 170 valence electrons. The Morgan fingerprint density at radius 3 is 2.68 bits per heavy atom. The number of nitrogen functional groups attached to an aromatic ring is 1. The molecule has 2 amide bonds. The molecule has 5 rings (SSSR count). The highest BCUT2D eigenvalue weighted by molar-refractivity contribution is 6.30. The number of carbonyl (C=O) groups excluding carboxylic acids is 1. The number of hydrogen-bond acceptors (Lipinski definition) is 7. The van der Waals surface area contributed by atoms with Gasteiger partial charge in [-0.2, -0.15) is 5.10 Å². The molecule has 3 aromatic heterocycles. The van der Waals surface area contributed by atoms with Crippen LogP contribution in [0.15, 0.2) is 54.9 Å². The predicted octanol–water partition coefficient (Wildman–Crippen LogP) is 1.22. The first-order valence-electron chi connectivity index (χ1n) is 11.0. The number of fused-ring (bicyclic) bond motifs is 1. The Labute approximate surface area is 198 Å². The van der Waals surface area contributed by atoms with Gasteiger partial charge in [0.2, 0.25) is 0 Å². The van der Waals surface area contributed by atoms with E-state index < -0.39 is 6.03 Å². The number of carbonyl (C=O) groups is 1. The Balaban J connectivity index is 1.36. The Bertz CT molecular complexity index is 1320. The number of benzene rings is 1. The Morgan fingerprint density at radius 1 is 1.12 bits per heavy atom. The molecule has 4 aromatic rings. The quantitative estimate of drug-likeness (QED) is 0.335. The summed E-state index contributed by atoms with van der Waals surface area (Å²) in [6.07, 6.45) is 1.48. The monoisotopic (exact) mass is 453 g/mol. The van der Waals surface area contributed by atoms with Gasteiger partial charge in [0, 0.05) is 44.0 Å². The number of aromatic nitrogens is 4. The number of nitrogens with zero attached hydrogens (tertiary/aromatic N) is 5. The maximum atomic E-state index is 12.3. The van der Waals surface area contributed by atoms with Crippen LogP contribution in [-0.2, 0) is 6.54 Å². The first-order valence-corrected chi connectivity index (χ1v) is 11.0. The molecular formula is C23H24BN9O. The minimum Gasteiger partial charge on any atom is -0.382 e. The molecule has 1 saturated heterocycles. The number of urea groups is 1. The van der Waals surface area contributed by atoms with Gasteiger partial charge in [-0.3, -0.25) is 10.2 Å². The fourth-order valence-corrected chi connectivity index (χ4v) is 4.10. The van der Waals surface area contributed by atoms with Crippen molar-refractivity contribution in [1.29, 1.82) is 0 Å². The van der Waals surface area contributed by atoms with Crippen molar-refractivity contribution >= 4 is 42.3 Å². The minimum absolute atomic E-state index is 0.335. The molecule has 0 aliphatic carbocycles. The summed E-state index contributed by atoms with van der Waals surface area (Å²) in [6.45, 7) is 4.69. The van der Waals surface area contributed by atoms with Crippen LogP contribution in [0.5, 0.6) is 0 Å². The van der Waals surface area contributed by atoms with E-state index in [0.29, 0.717) is 22.9 Å². The van der Waals surface area contributed by atoms with Crippen molar-refractivity contribution < 1.29 is 4.79 Å². The van der Waals surface area contributed by atoms with Crippen LogP contribution >= 0.6 is 0 Å². The molecule has 0 saturated carbocycles. The van der Waals surface area contributed by atoms with E-state index in [4.69, 9.17) is 13.6 Å². The number of rotatable bonds is 5. The van der Waals surface area contributed by atoms with Crippen molar-refractivity contribution in [2.24, 2.45) is 0 Å². The van der Waals surface area contributed by atoms with E-state index in [9.17, 15) is 4.79 Å². The number of amides is 2. The van der Waals surface area contributed by atoms with Gasteiger partial charge in [-0.1, -0.05) is 24.3 Å². The van der Waals surface area contributed by atoms with Crippen molar-refractivity contribution in [2.75, 3.05) is 42.5 Å². The zero-order chi connectivity index (χ0) is 23.5. The molecule has 11 heteroatoms. The van der Waals surface area contributed by atoms with Gasteiger partial charge in [0.1, 0.15) is 25.5 Å². The van der Waals surface area contributed by atoms with E-state index in [1.807, 2.05) is 28.8 Å². The van der Waals surface area contributed by atoms with Crippen LogP contribution in [-0.4, -0.2) is 64.5 Å². The van der Waals surface area contributed by atoms with E-state index in [1.165, 1.54) is 6.33 Å². The summed E-state index contributed by atoms with van der Waals surface area (Å²) < 4.78 is 1.87. The average Bonchev–Trinajstić information content (AvgIpc) is 3.20. The summed E-state index contributed by atoms with van der Waals surface area (Å²) in [7, 11) is 5.66. The Kier molecular flexibility index (Phi) is 6.11. The molecular weight excluding hydrogens is 429 g/mol. The van der Waals surface area contributed by atoms with Crippen LogP contribution in [0.1, 0.15) is 5.69 Å². The van der Waals surface area contributed by atoms with Gasteiger partial charge >= 0.3 is 6.03 Å². The largest absolute Gasteiger partial charge is 0.382 e. The Morgan fingerprint density at radius 2 is 1.91 bits per heavy atom. The number of hydrogen-bond donors (Lipinski definition) is 4. The lowest BCUT2D eigenvalue weighted by Gasteiger charge is -2.26. The lowest BCUT2D eigenvalue weighted by atomic mass is 10.0. The van der Waals surface area contributed by atoms with E-state index in [1.54, 1.807) is 18.2 Å². The average molecular weight is 453 g/mol. The van der Waals surface area contributed by atoms with Gasteiger partial charge in [-0.15, -0.1) is 0 Å². The summed E-state index contributed by atoms with van der Waals surface area (Å²) in [5.74, 6) is 0.801. The van der Waals surface area contributed by atoms with E-state index >= 15 is 0 Å². The highest BCUT2D eigenvalue weighted by Crippen LogP contribution is 2.31. The summed E-state index contributed by atoms with van der Waals surface area (Å²) in [5.41, 5.74) is 10.9. The summed E-state index contributed by atoms with van der Waals surface area (Å²) in [5, 5.41) is 13.3. The summed E-state index contributed by atoms with van der Waals surface area (Å²) >= 11 is 0. The van der Waals surface area contributed by atoms with Crippen LogP contribution in [0.3, 0.4) is 0 Å². The van der Waals surface area contributed by atoms with Gasteiger partial charge in [0.15, 0.2) is 5.82 Å². The molecule has 0 atom stereocenters. The molecule has 1 aliphatic heterocycles. The molecule has 1 aliphatic rings. The summed E-state index contributed by atoms with van der Waals surface area (Å²) in [4.78, 5) is 23.0. The number of nitrogens with two attached hydrogens (primary N) is 1. The second-order valence-electron chi connectivity index (χ2n) is 8.09. The molecule has 1 fully saturated rings.